The van der Waals surface area contributed by atoms with E-state index in [0.717, 1.165) is 25.1 Å². The molecule has 1 amide bonds. The molecule has 2 aliphatic heterocycles. The molecular weight excluding hydrogens is 324 g/mol. The van der Waals surface area contributed by atoms with E-state index in [1.165, 1.54) is 5.56 Å². The SMILES string of the molecule is CCCCS(=O)(=O)N1CCC(C(=O)N2CCc3ccccc32)CC1. The van der Waals surface area contributed by atoms with E-state index in [-0.39, 0.29) is 17.6 Å². The highest BCUT2D eigenvalue weighted by molar-refractivity contribution is 7.89. The minimum Gasteiger partial charge on any atom is -0.312 e. The Kier molecular flexibility index (Phi) is 5.25. The molecule has 3 rings (SSSR count). The molecular formula is C18H26N2O3S. The number of unbranched alkanes of at least 4 members (excludes halogenated alkanes) is 1. The van der Waals surface area contributed by atoms with Crippen LogP contribution in [0.4, 0.5) is 5.69 Å². The quantitative estimate of drug-likeness (QED) is 0.819. The predicted octanol–water partition coefficient (Wildman–Crippen LogP) is 2.42. The summed E-state index contributed by atoms with van der Waals surface area (Å²) < 4.78 is 26.1. The van der Waals surface area contributed by atoms with Crippen molar-refractivity contribution in [2.75, 3.05) is 30.3 Å². The molecule has 2 heterocycles. The van der Waals surface area contributed by atoms with E-state index in [2.05, 4.69) is 6.07 Å². The van der Waals surface area contributed by atoms with Crippen LogP contribution in [0.1, 0.15) is 38.2 Å². The maximum Gasteiger partial charge on any atom is 0.230 e. The topological polar surface area (TPSA) is 57.7 Å². The average Bonchev–Trinajstić information content (AvgIpc) is 3.03. The Morgan fingerprint density at radius 3 is 2.58 bits per heavy atom. The second-order valence-electron chi connectivity index (χ2n) is 6.71. The number of para-hydroxylation sites is 1. The van der Waals surface area contributed by atoms with Crippen LogP contribution in [0, 0.1) is 5.92 Å². The molecule has 0 N–H and O–H groups in total. The molecule has 0 atom stereocenters. The second-order valence-corrected chi connectivity index (χ2v) is 8.80. The van der Waals surface area contributed by atoms with E-state index in [1.54, 1.807) is 4.31 Å². The third kappa shape index (κ3) is 3.49. The van der Waals surface area contributed by atoms with E-state index in [0.29, 0.717) is 32.4 Å². The smallest absolute Gasteiger partial charge is 0.230 e. The lowest BCUT2D eigenvalue weighted by atomic mass is 9.96. The standard InChI is InChI=1S/C18H26N2O3S/c1-2-3-14-24(22,23)19-11-8-16(9-12-19)18(21)20-13-10-15-6-4-5-7-17(15)20/h4-7,16H,2-3,8-14H2,1H3. The fourth-order valence-corrected chi connectivity index (χ4v) is 5.30. The molecule has 0 spiro atoms. The van der Waals surface area contributed by atoms with Crippen LogP contribution in [0.2, 0.25) is 0 Å². The number of fused-ring (bicyclic) bond motifs is 1. The highest BCUT2D eigenvalue weighted by atomic mass is 32.2. The summed E-state index contributed by atoms with van der Waals surface area (Å²) in [5.74, 6) is 0.320. The van der Waals surface area contributed by atoms with Crippen LogP contribution < -0.4 is 4.90 Å². The van der Waals surface area contributed by atoms with Crippen molar-refractivity contribution in [3.05, 3.63) is 29.8 Å². The third-order valence-corrected chi connectivity index (χ3v) is 7.06. The van der Waals surface area contributed by atoms with Crippen molar-refractivity contribution in [3.8, 4) is 0 Å². The number of benzene rings is 1. The lowest BCUT2D eigenvalue weighted by Crippen LogP contribution is -2.44. The maximum absolute atomic E-state index is 12.8. The first-order valence-corrected chi connectivity index (χ1v) is 10.5. The summed E-state index contributed by atoms with van der Waals surface area (Å²) in [7, 11) is -3.15. The summed E-state index contributed by atoms with van der Waals surface area (Å²) in [6.45, 7) is 3.68. The molecule has 0 aromatic heterocycles. The first-order valence-electron chi connectivity index (χ1n) is 8.90. The second kappa shape index (κ2) is 7.23. The van der Waals surface area contributed by atoms with Crippen molar-refractivity contribution in [1.29, 1.82) is 0 Å². The summed E-state index contributed by atoms with van der Waals surface area (Å²) in [6, 6.07) is 8.05. The zero-order chi connectivity index (χ0) is 17.2. The van der Waals surface area contributed by atoms with E-state index in [1.807, 2.05) is 30.0 Å². The lowest BCUT2D eigenvalue weighted by Gasteiger charge is -2.32. The molecule has 5 nitrogen and oxygen atoms in total. The lowest BCUT2D eigenvalue weighted by molar-refractivity contribution is -0.123. The molecule has 24 heavy (non-hydrogen) atoms. The van der Waals surface area contributed by atoms with Crippen molar-refractivity contribution in [2.24, 2.45) is 5.92 Å². The van der Waals surface area contributed by atoms with E-state index in [4.69, 9.17) is 0 Å². The first-order chi connectivity index (χ1) is 11.5. The summed E-state index contributed by atoms with van der Waals surface area (Å²) in [6.07, 6.45) is 3.74. The maximum atomic E-state index is 12.8. The zero-order valence-corrected chi connectivity index (χ0v) is 15.1. The van der Waals surface area contributed by atoms with Crippen LogP contribution in [-0.2, 0) is 21.2 Å². The zero-order valence-electron chi connectivity index (χ0n) is 14.3. The Hall–Kier alpha value is -1.40. The summed E-state index contributed by atoms with van der Waals surface area (Å²) >= 11 is 0. The molecule has 1 aromatic carbocycles. The summed E-state index contributed by atoms with van der Waals surface area (Å²) in [5.41, 5.74) is 2.26. The molecule has 1 fully saturated rings. The number of piperidine rings is 1. The number of carbonyl (C=O) groups is 1. The molecule has 2 aliphatic rings. The van der Waals surface area contributed by atoms with Crippen molar-refractivity contribution in [1.82, 2.24) is 4.31 Å². The Labute approximate surface area is 144 Å². The van der Waals surface area contributed by atoms with Gasteiger partial charge >= 0.3 is 0 Å². The molecule has 0 saturated carbocycles. The van der Waals surface area contributed by atoms with Gasteiger partial charge in [-0.05, 0) is 37.3 Å². The van der Waals surface area contributed by atoms with Gasteiger partial charge in [0, 0.05) is 31.2 Å². The van der Waals surface area contributed by atoms with Gasteiger partial charge in [-0.25, -0.2) is 12.7 Å². The number of carbonyl (C=O) groups excluding carboxylic acids is 1. The first kappa shape index (κ1) is 17.4. The van der Waals surface area contributed by atoms with E-state index in [9.17, 15) is 13.2 Å². The van der Waals surface area contributed by atoms with E-state index < -0.39 is 10.0 Å². The Morgan fingerprint density at radius 2 is 1.88 bits per heavy atom. The highest BCUT2D eigenvalue weighted by Gasteiger charge is 2.34. The van der Waals surface area contributed by atoms with Crippen molar-refractivity contribution in [2.45, 2.75) is 39.0 Å². The van der Waals surface area contributed by atoms with Crippen molar-refractivity contribution >= 4 is 21.6 Å². The summed E-state index contributed by atoms with van der Waals surface area (Å²) in [5, 5.41) is 0. The van der Waals surface area contributed by atoms with Crippen LogP contribution in [0.5, 0.6) is 0 Å². The fourth-order valence-electron chi connectivity index (χ4n) is 3.62. The van der Waals surface area contributed by atoms with Gasteiger partial charge in [-0.1, -0.05) is 31.5 Å². The molecule has 6 heteroatoms. The van der Waals surface area contributed by atoms with Crippen LogP contribution in [-0.4, -0.2) is 44.0 Å². The van der Waals surface area contributed by atoms with Gasteiger partial charge in [0.1, 0.15) is 0 Å². The normalized spacial score (nSPS) is 19.5. The van der Waals surface area contributed by atoms with E-state index >= 15 is 0 Å². The minimum absolute atomic E-state index is 0.0613. The van der Waals surface area contributed by atoms with Crippen LogP contribution in [0.25, 0.3) is 0 Å². The largest absolute Gasteiger partial charge is 0.312 e. The fraction of sp³-hybridized carbons (Fsp3) is 0.611. The van der Waals surface area contributed by atoms with Gasteiger partial charge < -0.3 is 4.90 Å². The molecule has 132 valence electrons. The van der Waals surface area contributed by atoms with Gasteiger partial charge in [-0.3, -0.25) is 4.79 Å². The summed E-state index contributed by atoms with van der Waals surface area (Å²) in [4.78, 5) is 14.7. The Bertz CT molecular complexity index is 694. The molecule has 0 aliphatic carbocycles. The Morgan fingerprint density at radius 1 is 1.17 bits per heavy atom. The van der Waals surface area contributed by atoms with Gasteiger partial charge in [0.15, 0.2) is 0 Å². The number of sulfonamides is 1. The van der Waals surface area contributed by atoms with Gasteiger partial charge in [0.25, 0.3) is 0 Å². The van der Waals surface area contributed by atoms with Gasteiger partial charge in [-0.15, -0.1) is 0 Å². The number of hydrogen-bond donors (Lipinski definition) is 0. The number of amides is 1. The van der Waals surface area contributed by atoms with Gasteiger partial charge in [0.05, 0.1) is 5.75 Å². The molecule has 0 bridgehead atoms. The van der Waals surface area contributed by atoms with Crippen molar-refractivity contribution < 1.29 is 13.2 Å². The van der Waals surface area contributed by atoms with Crippen LogP contribution in [0.15, 0.2) is 24.3 Å². The monoisotopic (exact) mass is 350 g/mol. The number of rotatable bonds is 5. The number of nitrogens with zero attached hydrogens (tertiary/aromatic N) is 2. The van der Waals surface area contributed by atoms with Crippen LogP contribution in [0.3, 0.4) is 0 Å². The predicted molar refractivity (Wildman–Crippen MR) is 95.5 cm³/mol. The van der Waals surface area contributed by atoms with Gasteiger partial charge in [0.2, 0.25) is 15.9 Å². The van der Waals surface area contributed by atoms with Crippen molar-refractivity contribution in [3.63, 3.8) is 0 Å². The molecule has 0 radical (unpaired) electrons. The highest BCUT2D eigenvalue weighted by Crippen LogP contribution is 2.31. The molecule has 1 saturated heterocycles. The third-order valence-electron chi connectivity index (χ3n) is 5.11. The Balaban J connectivity index is 1.60. The number of hydrogen-bond acceptors (Lipinski definition) is 3. The molecule has 1 aromatic rings. The number of anilines is 1. The van der Waals surface area contributed by atoms with Crippen LogP contribution >= 0.6 is 0 Å². The molecule has 0 unspecified atom stereocenters. The minimum atomic E-state index is -3.15. The van der Waals surface area contributed by atoms with Gasteiger partial charge in [-0.2, -0.15) is 0 Å². The average molecular weight is 350 g/mol.